The lowest BCUT2D eigenvalue weighted by Crippen LogP contribution is -2.18. The van der Waals surface area contributed by atoms with Crippen molar-refractivity contribution in [2.45, 2.75) is 64.2 Å². The molecule has 3 heteroatoms. The first-order valence-corrected chi connectivity index (χ1v) is 7.85. The number of anilines is 1. The van der Waals surface area contributed by atoms with Gasteiger partial charge in [-0.25, -0.2) is 9.97 Å². The molecule has 0 aliphatic heterocycles. The highest BCUT2D eigenvalue weighted by Crippen LogP contribution is 2.36. The first-order valence-electron chi connectivity index (χ1n) is 7.85. The van der Waals surface area contributed by atoms with E-state index in [1.165, 1.54) is 49.8 Å². The van der Waals surface area contributed by atoms with E-state index in [0.29, 0.717) is 5.92 Å². The molecule has 1 heterocycles. The quantitative estimate of drug-likeness (QED) is 0.880. The zero-order chi connectivity index (χ0) is 13.2. The summed E-state index contributed by atoms with van der Waals surface area (Å²) < 4.78 is 0. The minimum absolute atomic E-state index is 0.586. The van der Waals surface area contributed by atoms with Crippen LogP contribution in [0.4, 0.5) is 5.82 Å². The topological polar surface area (TPSA) is 37.8 Å². The summed E-state index contributed by atoms with van der Waals surface area (Å²) in [6.07, 6.45) is 10.1. The van der Waals surface area contributed by atoms with Crippen molar-refractivity contribution in [3.63, 3.8) is 0 Å². The van der Waals surface area contributed by atoms with E-state index in [2.05, 4.69) is 12.2 Å². The van der Waals surface area contributed by atoms with Gasteiger partial charge < -0.3 is 5.32 Å². The summed E-state index contributed by atoms with van der Waals surface area (Å²) in [5.41, 5.74) is 2.69. The molecule has 1 fully saturated rings. The lowest BCUT2D eigenvalue weighted by atomic mass is 9.82. The van der Waals surface area contributed by atoms with E-state index >= 15 is 0 Å². The van der Waals surface area contributed by atoms with E-state index in [0.717, 1.165) is 30.4 Å². The van der Waals surface area contributed by atoms with Gasteiger partial charge in [-0.2, -0.15) is 0 Å². The fourth-order valence-corrected chi connectivity index (χ4v) is 3.67. The van der Waals surface area contributed by atoms with Gasteiger partial charge in [0.2, 0.25) is 0 Å². The van der Waals surface area contributed by atoms with E-state index < -0.39 is 0 Å². The number of rotatable bonds is 2. The molecule has 2 aliphatic carbocycles. The maximum atomic E-state index is 4.93. The van der Waals surface area contributed by atoms with Gasteiger partial charge in [0.1, 0.15) is 11.6 Å². The molecule has 0 saturated heterocycles. The first kappa shape index (κ1) is 12.9. The van der Waals surface area contributed by atoms with Crippen molar-refractivity contribution in [3.8, 4) is 0 Å². The monoisotopic (exact) mass is 259 g/mol. The molecule has 104 valence electrons. The lowest BCUT2D eigenvalue weighted by Gasteiger charge is -2.27. The van der Waals surface area contributed by atoms with E-state index in [1.54, 1.807) is 0 Å². The normalized spacial score (nSPS) is 26.8. The average molecular weight is 259 g/mol. The van der Waals surface area contributed by atoms with Crippen LogP contribution in [-0.4, -0.2) is 17.0 Å². The van der Waals surface area contributed by atoms with Crippen molar-refractivity contribution in [1.82, 2.24) is 9.97 Å². The highest BCUT2D eigenvalue weighted by molar-refractivity contribution is 5.47. The summed E-state index contributed by atoms with van der Waals surface area (Å²) in [4.78, 5) is 9.77. The third kappa shape index (κ3) is 2.60. The molecule has 2 unspecified atom stereocenters. The largest absolute Gasteiger partial charge is 0.373 e. The van der Waals surface area contributed by atoms with Crippen LogP contribution in [0.3, 0.4) is 0 Å². The van der Waals surface area contributed by atoms with Gasteiger partial charge >= 0.3 is 0 Å². The predicted octanol–water partition coefficient (Wildman–Crippen LogP) is 3.69. The molecule has 1 N–H and O–H groups in total. The molecule has 0 radical (unpaired) electrons. The third-order valence-electron chi connectivity index (χ3n) is 4.74. The van der Waals surface area contributed by atoms with Crippen molar-refractivity contribution in [2.75, 3.05) is 12.4 Å². The van der Waals surface area contributed by atoms with E-state index in [-0.39, 0.29) is 0 Å². The molecule has 1 aromatic heterocycles. The molecule has 3 rings (SSSR count). The Labute approximate surface area is 116 Å². The Bertz CT molecular complexity index is 438. The van der Waals surface area contributed by atoms with Crippen LogP contribution in [0.1, 0.15) is 68.4 Å². The lowest BCUT2D eigenvalue weighted by molar-refractivity contribution is 0.334. The van der Waals surface area contributed by atoms with Crippen molar-refractivity contribution in [2.24, 2.45) is 5.92 Å². The molecule has 0 bridgehead atoms. The molecule has 1 saturated carbocycles. The van der Waals surface area contributed by atoms with Crippen LogP contribution in [0.15, 0.2) is 0 Å². The van der Waals surface area contributed by atoms with Gasteiger partial charge in [-0.05, 0) is 44.4 Å². The molecule has 1 aromatic rings. The van der Waals surface area contributed by atoms with Crippen molar-refractivity contribution < 1.29 is 0 Å². The van der Waals surface area contributed by atoms with Crippen molar-refractivity contribution in [3.05, 3.63) is 17.1 Å². The Balaban J connectivity index is 1.93. The van der Waals surface area contributed by atoms with Gasteiger partial charge in [0.05, 0.1) is 0 Å². The van der Waals surface area contributed by atoms with Gasteiger partial charge in [-0.15, -0.1) is 0 Å². The molecular formula is C16H25N3. The van der Waals surface area contributed by atoms with Crippen LogP contribution < -0.4 is 5.32 Å². The second kappa shape index (κ2) is 5.48. The van der Waals surface area contributed by atoms with Gasteiger partial charge in [0.25, 0.3) is 0 Å². The standard InChI is InChI=1S/C16H25N3/c1-11-6-5-7-12(10-11)15-18-14-9-4-3-8-13(14)16(17-2)19-15/h11-12H,3-10H2,1-2H3,(H,17,18,19). The van der Waals surface area contributed by atoms with Crippen LogP contribution in [0.25, 0.3) is 0 Å². The predicted molar refractivity (Wildman–Crippen MR) is 78.6 cm³/mol. The minimum Gasteiger partial charge on any atom is -0.373 e. The summed E-state index contributed by atoms with van der Waals surface area (Å²) in [7, 11) is 1.99. The second-order valence-electron chi connectivity index (χ2n) is 6.28. The summed E-state index contributed by atoms with van der Waals surface area (Å²) in [5.74, 6) is 3.62. The molecule has 2 atom stereocenters. The number of aryl methyl sites for hydroxylation is 1. The van der Waals surface area contributed by atoms with Crippen LogP contribution in [-0.2, 0) is 12.8 Å². The van der Waals surface area contributed by atoms with Crippen molar-refractivity contribution >= 4 is 5.82 Å². The first-order chi connectivity index (χ1) is 9.28. The van der Waals surface area contributed by atoms with Crippen LogP contribution >= 0.6 is 0 Å². The summed E-state index contributed by atoms with van der Waals surface area (Å²) >= 11 is 0. The molecule has 2 aliphatic rings. The van der Waals surface area contributed by atoms with E-state index in [4.69, 9.17) is 9.97 Å². The minimum atomic E-state index is 0.586. The fraction of sp³-hybridized carbons (Fsp3) is 0.750. The highest BCUT2D eigenvalue weighted by atomic mass is 15.0. The van der Waals surface area contributed by atoms with Crippen molar-refractivity contribution in [1.29, 1.82) is 0 Å². The summed E-state index contributed by atoms with van der Waals surface area (Å²) in [6.45, 7) is 2.36. The maximum Gasteiger partial charge on any atom is 0.134 e. The molecule has 19 heavy (non-hydrogen) atoms. The highest BCUT2D eigenvalue weighted by Gasteiger charge is 2.25. The third-order valence-corrected chi connectivity index (χ3v) is 4.74. The number of aromatic nitrogens is 2. The number of fused-ring (bicyclic) bond motifs is 1. The van der Waals surface area contributed by atoms with Crippen LogP contribution in [0.5, 0.6) is 0 Å². The Morgan fingerprint density at radius 2 is 1.89 bits per heavy atom. The Kier molecular flexibility index (Phi) is 3.72. The number of nitrogens with zero attached hydrogens (tertiary/aromatic N) is 2. The van der Waals surface area contributed by atoms with Gasteiger partial charge in [0.15, 0.2) is 0 Å². The van der Waals surface area contributed by atoms with Crippen LogP contribution in [0, 0.1) is 5.92 Å². The smallest absolute Gasteiger partial charge is 0.134 e. The molecular weight excluding hydrogens is 234 g/mol. The molecule has 0 amide bonds. The Morgan fingerprint density at radius 1 is 1.05 bits per heavy atom. The molecule has 0 spiro atoms. The molecule has 3 nitrogen and oxygen atoms in total. The Hall–Kier alpha value is -1.12. The zero-order valence-corrected chi connectivity index (χ0v) is 12.2. The zero-order valence-electron chi connectivity index (χ0n) is 12.2. The van der Waals surface area contributed by atoms with E-state index in [9.17, 15) is 0 Å². The maximum absolute atomic E-state index is 4.93. The van der Waals surface area contributed by atoms with Gasteiger partial charge in [-0.1, -0.05) is 19.8 Å². The number of hydrogen-bond acceptors (Lipinski definition) is 3. The van der Waals surface area contributed by atoms with Gasteiger partial charge in [-0.3, -0.25) is 0 Å². The SMILES string of the molecule is CNc1nc(C2CCCC(C)C2)nc2c1CCCC2. The van der Waals surface area contributed by atoms with Gasteiger partial charge in [0, 0.05) is 24.2 Å². The number of hydrogen-bond donors (Lipinski definition) is 1. The van der Waals surface area contributed by atoms with Crippen LogP contribution in [0.2, 0.25) is 0 Å². The summed E-state index contributed by atoms with van der Waals surface area (Å²) in [5, 5.41) is 3.29. The molecule has 0 aromatic carbocycles. The second-order valence-corrected chi connectivity index (χ2v) is 6.28. The fourth-order valence-electron chi connectivity index (χ4n) is 3.67. The Morgan fingerprint density at radius 3 is 2.68 bits per heavy atom. The van der Waals surface area contributed by atoms with E-state index in [1.807, 2.05) is 7.05 Å². The summed E-state index contributed by atoms with van der Waals surface area (Å²) in [6, 6.07) is 0. The average Bonchev–Trinajstić information content (AvgIpc) is 2.46. The number of nitrogens with one attached hydrogen (secondary N) is 1.